The summed E-state index contributed by atoms with van der Waals surface area (Å²) in [6.45, 7) is 0. The molecule has 1 aromatic heterocycles. The van der Waals surface area contributed by atoms with Gasteiger partial charge in [0, 0.05) is 5.56 Å². The average molecular weight is 204 g/mol. The van der Waals surface area contributed by atoms with E-state index in [1.54, 1.807) is 18.2 Å². The van der Waals surface area contributed by atoms with Gasteiger partial charge in [0.05, 0.1) is 11.4 Å². The van der Waals surface area contributed by atoms with E-state index in [2.05, 4.69) is 10.2 Å². The molecule has 0 bridgehead atoms. The molecule has 0 saturated carbocycles. The number of halogens is 1. The first kappa shape index (κ1) is 9.39. The zero-order valence-corrected chi connectivity index (χ0v) is 7.81. The molecule has 2 aromatic rings. The van der Waals surface area contributed by atoms with Crippen molar-refractivity contribution in [2.24, 2.45) is 0 Å². The number of nitrogen functional groups attached to an aromatic ring is 2. The van der Waals surface area contributed by atoms with Crippen LogP contribution in [-0.4, -0.2) is 10.2 Å². The van der Waals surface area contributed by atoms with Crippen LogP contribution >= 0.6 is 0 Å². The standard InChI is InChI=1S/C10H9FN4/c11-7-3-1-6(2-4-7)9-5-8(12)10(13)15-14-9/h1-5H,(H2,12,14)(H2,13,15). The summed E-state index contributed by atoms with van der Waals surface area (Å²) in [7, 11) is 0. The summed E-state index contributed by atoms with van der Waals surface area (Å²) in [5.41, 5.74) is 12.7. The fraction of sp³-hybridized carbons (Fsp3) is 0. The summed E-state index contributed by atoms with van der Waals surface area (Å²) in [4.78, 5) is 0. The van der Waals surface area contributed by atoms with E-state index in [1.807, 2.05) is 0 Å². The largest absolute Gasteiger partial charge is 0.396 e. The number of hydrogen-bond acceptors (Lipinski definition) is 4. The van der Waals surface area contributed by atoms with E-state index in [9.17, 15) is 4.39 Å². The van der Waals surface area contributed by atoms with Crippen molar-refractivity contribution in [3.63, 3.8) is 0 Å². The zero-order chi connectivity index (χ0) is 10.8. The number of rotatable bonds is 1. The molecule has 1 heterocycles. The second kappa shape index (κ2) is 3.53. The lowest BCUT2D eigenvalue weighted by Crippen LogP contribution is -2.00. The van der Waals surface area contributed by atoms with Crippen molar-refractivity contribution in [3.05, 3.63) is 36.1 Å². The van der Waals surface area contributed by atoms with Gasteiger partial charge in [-0.15, -0.1) is 10.2 Å². The van der Waals surface area contributed by atoms with Gasteiger partial charge in [-0.1, -0.05) is 0 Å². The molecule has 4 nitrogen and oxygen atoms in total. The molecule has 0 aliphatic carbocycles. The summed E-state index contributed by atoms with van der Waals surface area (Å²) in [5, 5.41) is 7.55. The average Bonchev–Trinajstić information content (AvgIpc) is 2.23. The lowest BCUT2D eigenvalue weighted by atomic mass is 10.1. The first-order valence-corrected chi connectivity index (χ1v) is 4.31. The van der Waals surface area contributed by atoms with Gasteiger partial charge in [0.15, 0.2) is 5.82 Å². The predicted octanol–water partition coefficient (Wildman–Crippen LogP) is 1.45. The van der Waals surface area contributed by atoms with Crippen LogP contribution in [0, 0.1) is 5.82 Å². The van der Waals surface area contributed by atoms with Crippen molar-refractivity contribution in [1.29, 1.82) is 0 Å². The highest BCUT2D eigenvalue weighted by Crippen LogP contribution is 2.20. The monoisotopic (exact) mass is 204 g/mol. The number of benzene rings is 1. The zero-order valence-electron chi connectivity index (χ0n) is 7.81. The van der Waals surface area contributed by atoms with Gasteiger partial charge in [-0.05, 0) is 30.3 Å². The highest BCUT2D eigenvalue weighted by Gasteiger charge is 2.03. The molecule has 0 spiro atoms. The molecule has 0 amide bonds. The first-order chi connectivity index (χ1) is 7.16. The maximum absolute atomic E-state index is 12.7. The number of nitrogens with zero attached hydrogens (tertiary/aromatic N) is 2. The van der Waals surface area contributed by atoms with E-state index < -0.39 is 0 Å². The van der Waals surface area contributed by atoms with E-state index in [4.69, 9.17) is 11.5 Å². The van der Waals surface area contributed by atoms with Crippen molar-refractivity contribution in [2.75, 3.05) is 11.5 Å². The van der Waals surface area contributed by atoms with Gasteiger partial charge in [0.1, 0.15) is 5.82 Å². The molecule has 2 rings (SSSR count). The van der Waals surface area contributed by atoms with Crippen LogP contribution in [0.2, 0.25) is 0 Å². The number of nitrogens with two attached hydrogens (primary N) is 2. The highest BCUT2D eigenvalue weighted by atomic mass is 19.1. The molecule has 1 aromatic carbocycles. The Morgan fingerprint density at radius 3 is 2.27 bits per heavy atom. The lowest BCUT2D eigenvalue weighted by Gasteiger charge is -2.02. The third-order valence-corrected chi connectivity index (χ3v) is 1.99. The maximum atomic E-state index is 12.7. The number of hydrogen-bond donors (Lipinski definition) is 2. The second-order valence-corrected chi connectivity index (χ2v) is 3.08. The van der Waals surface area contributed by atoms with Crippen LogP contribution in [0.4, 0.5) is 15.9 Å². The quantitative estimate of drug-likeness (QED) is 0.736. The third kappa shape index (κ3) is 1.85. The van der Waals surface area contributed by atoms with Gasteiger partial charge in [-0.3, -0.25) is 0 Å². The minimum Gasteiger partial charge on any atom is -0.396 e. The summed E-state index contributed by atoms with van der Waals surface area (Å²) in [6, 6.07) is 7.52. The van der Waals surface area contributed by atoms with Crippen LogP contribution < -0.4 is 11.5 Å². The molecular formula is C10H9FN4. The van der Waals surface area contributed by atoms with Crippen molar-refractivity contribution in [2.45, 2.75) is 0 Å². The molecular weight excluding hydrogens is 195 g/mol. The summed E-state index contributed by atoms with van der Waals surface area (Å²) < 4.78 is 12.7. The van der Waals surface area contributed by atoms with Crippen LogP contribution in [0.5, 0.6) is 0 Å². The fourth-order valence-electron chi connectivity index (χ4n) is 1.18. The molecule has 0 aliphatic rings. The predicted molar refractivity (Wildman–Crippen MR) is 56.3 cm³/mol. The lowest BCUT2D eigenvalue weighted by molar-refractivity contribution is 0.628. The Bertz CT molecular complexity index is 481. The van der Waals surface area contributed by atoms with E-state index in [0.717, 1.165) is 5.56 Å². The van der Waals surface area contributed by atoms with Crippen molar-refractivity contribution in [3.8, 4) is 11.3 Å². The molecule has 0 atom stereocenters. The number of aromatic nitrogens is 2. The Labute approximate surface area is 85.7 Å². The topological polar surface area (TPSA) is 77.8 Å². The summed E-state index contributed by atoms with van der Waals surface area (Å²) in [6.07, 6.45) is 0. The molecule has 0 saturated heterocycles. The van der Waals surface area contributed by atoms with Gasteiger partial charge < -0.3 is 11.5 Å². The fourth-order valence-corrected chi connectivity index (χ4v) is 1.18. The summed E-state index contributed by atoms with van der Waals surface area (Å²) in [5.74, 6) is -0.101. The van der Waals surface area contributed by atoms with Crippen LogP contribution in [0.15, 0.2) is 30.3 Å². The minimum atomic E-state index is -0.296. The smallest absolute Gasteiger partial charge is 0.169 e. The molecule has 0 unspecified atom stereocenters. The molecule has 15 heavy (non-hydrogen) atoms. The highest BCUT2D eigenvalue weighted by molar-refractivity contribution is 5.67. The Kier molecular flexibility index (Phi) is 2.21. The van der Waals surface area contributed by atoms with Crippen LogP contribution in [0.3, 0.4) is 0 Å². The van der Waals surface area contributed by atoms with Gasteiger partial charge in [-0.25, -0.2) is 4.39 Å². The van der Waals surface area contributed by atoms with E-state index >= 15 is 0 Å². The van der Waals surface area contributed by atoms with Gasteiger partial charge in [0.2, 0.25) is 0 Å². The van der Waals surface area contributed by atoms with Crippen molar-refractivity contribution >= 4 is 11.5 Å². The van der Waals surface area contributed by atoms with Crippen molar-refractivity contribution in [1.82, 2.24) is 10.2 Å². The Morgan fingerprint density at radius 1 is 1.00 bits per heavy atom. The van der Waals surface area contributed by atoms with Gasteiger partial charge in [0.25, 0.3) is 0 Å². The first-order valence-electron chi connectivity index (χ1n) is 4.31. The van der Waals surface area contributed by atoms with Crippen LogP contribution in [0.1, 0.15) is 0 Å². The van der Waals surface area contributed by atoms with Crippen molar-refractivity contribution < 1.29 is 4.39 Å². The second-order valence-electron chi connectivity index (χ2n) is 3.08. The molecule has 5 heteroatoms. The van der Waals surface area contributed by atoms with E-state index in [0.29, 0.717) is 11.4 Å². The Hall–Kier alpha value is -2.17. The normalized spacial score (nSPS) is 10.2. The maximum Gasteiger partial charge on any atom is 0.169 e. The Morgan fingerprint density at radius 2 is 1.67 bits per heavy atom. The minimum absolute atomic E-state index is 0.195. The Balaban J connectivity index is 2.45. The third-order valence-electron chi connectivity index (χ3n) is 1.99. The van der Waals surface area contributed by atoms with E-state index in [1.165, 1.54) is 12.1 Å². The van der Waals surface area contributed by atoms with Crippen LogP contribution in [0.25, 0.3) is 11.3 Å². The summed E-state index contributed by atoms with van der Waals surface area (Å²) >= 11 is 0. The molecule has 0 fully saturated rings. The van der Waals surface area contributed by atoms with Gasteiger partial charge in [-0.2, -0.15) is 0 Å². The molecule has 76 valence electrons. The molecule has 4 N–H and O–H groups in total. The number of anilines is 2. The SMILES string of the molecule is Nc1cc(-c2ccc(F)cc2)nnc1N. The molecule has 0 aliphatic heterocycles. The van der Waals surface area contributed by atoms with E-state index in [-0.39, 0.29) is 11.6 Å². The van der Waals surface area contributed by atoms with Gasteiger partial charge >= 0.3 is 0 Å². The van der Waals surface area contributed by atoms with Crippen LogP contribution in [-0.2, 0) is 0 Å². The molecule has 0 radical (unpaired) electrons.